The molecule has 0 bridgehead atoms. The highest BCUT2D eigenvalue weighted by atomic mass is 16.6. The molecule has 0 radical (unpaired) electrons. The van der Waals surface area contributed by atoms with E-state index in [4.69, 9.17) is 9.47 Å². The molecule has 4 amide bonds. The molecule has 4 N–H and O–H groups in total. The summed E-state index contributed by atoms with van der Waals surface area (Å²) in [6.07, 6.45) is 13.4. The number of carbonyl (C=O) groups excluding carboxylic acids is 4. The summed E-state index contributed by atoms with van der Waals surface area (Å²) in [6.45, 7) is 4.54. The highest BCUT2D eigenvalue weighted by Gasteiger charge is 2.29. The number of aliphatic carboxylic acids is 1. The first-order valence-corrected chi connectivity index (χ1v) is 20.4. The number of nitrogens with zero attached hydrogens (tertiary/aromatic N) is 1. The van der Waals surface area contributed by atoms with E-state index in [0.29, 0.717) is 67.7 Å². The van der Waals surface area contributed by atoms with Gasteiger partial charge in [0.25, 0.3) is 5.91 Å². The van der Waals surface area contributed by atoms with E-state index in [1.165, 1.54) is 38.5 Å². The van der Waals surface area contributed by atoms with E-state index in [-0.39, 0.29) is 30.9 Å². The fourth-order valence-corrected chi connectivity index (χ4v) is 8.16. The summed E-state index contributed by atoms with van der Waals surface area (Å²) in [5.74, 6) is -0.239. The van der Waals surface area contributed by atoms with Crippen LogP contribution in [0.25, 0.3) is 0 Å². The van der Waals surface area contributed by atoms with Crippen molar-refractivity contribution in [1.82, 2.24) is 20.9 Å². The molecule has 2 aromatic rings. The number of likely N-dealkylation sites (tertiary alicyclic amines) is 1. The van der Waals surface area contributed by atoms with Crippen molar-refractivity contribution in [2.75, 3.05) is 19.7 Å². The molecule has 2 atom stereocenters. The summed E-state index contributed by atoms with van der Waals surface area (Å²) < 4.78 is 11.6. The van der Waals surface area contributed by atoms with E-state index < -0.39 is 36.0 Å². The Morgan fingerprint density at radius 2 is 1.44 bits per heavy atom. The van der Waals surface area contributed by atoms with Crippen LogP contribution >= 0.6 is 0 Å². The fourth-order valence-electron chi connectivity index (χ4n) is 8.16. The molecule has 3 fully saturated rings. The van der Waals surface area contributed by atoms with Crippen molar-refractivity contribution in [3.05, 3.63) is 59.7 Å². The second kappa shape index (κ2) is 20.9. The van der Waals surface area contributed by atoms with Gasteiger partial charge in [-0.1, -0.05) is 82.7 Å². The van der Waals surface area contributed by atoms with Gasteiger partial charge in [0, 0.05) is 32.0 Å². The van der Waals surface area contributed by atoms with Crippen molar-refractivity contribution in [2.24, 2.45) is 11.8 Å². The van der Waals surface area contributed by atoms with Crippen LogP contribution in [0, 0.1) is 11.8 Å². The van der Waals surface area contributed by atoms with Crippen molar-refractivity contribution < 1.29 is 38.6 Å². The minimum atomic E-state index is -1.25. The molecule has 12 nitrogen and oxygen atoms in total. The third-order valence-electron chi connectivity index (χ3n) is 11.2. The van der Waals surface area contributed by atoms with Gasteiger partial charge in [0.05, 0.1) is 0 Å². The first-order valence-electron chi connectivity index (χ1n) is 20.4. The van der Waals surface area contributed by atoms with E-state index in [0.717, 1.165) is 31.2 Å². The molecule has 3 aliphatic rings. The number of ether oxygens (including phenoxy) is 2. The smallest absolute Gasteiger partial charge is 0.415 e. The fraction of sp³-hybridized carbons (Fsp3) is 0.605. The molecule has 2 aliphatic carbocycles. The van der Waals surface area contributed by atoms with Gasteiger partial charge in [-0.3, -0.25) is 14.4 Å². The van der Waals surface area contributed by atoms with Crippen LogP contribution in [0.15, 0.2) is 48.5 Å². The highest BCUT2D eigenvalue weighted by molar-refractivity contribution is 5.91. The van der Waals surface area contributed by atoms with E-state index in [2.05, 4.69) is 22.0 Å². The highest BCUT2D eigenvalue weighted by Crippen LogP contribution is 2.37. The lowest BCUT2D eigenvalue weighted by Gasteiger charge is -2.32. The van der Waals surface area contributed by atoms with Gasteiger partial charge in [-0.05, 0) is 92.0 Å². The van der Waals surface area contributed by atoms with E-state index in [9.17, 15) is 29.1 Å². The van der Waals surface area contributed by atoms with Crippen molar-refractivity contribution >= 4 is 29.8 Å². The second-order valence-corrected chi connectivity index (χ2v) is 16.1. The van der Waals surface area contributed by atoms with Gasteiger partial charge in [-0.2, -0.15) is 0 Å². The number of rotatable bonds is 16. The Kier molecular flexibility index (Phi) is 15.8. The first-order chi connectivity index (χ1) is 26.5. The largest absolute Gasteiger partial charge is 0.483 e. The summed E-state index contributed by atoms with van der Waals surface area (Å²) in [5.41, 5.74) is 1.72. The van der Waals surface area contributed by atoms with Gasteiger partial charge in [-0.25, -0.2) is 9.59 Å². The second-order valence-electron chi connectivity index (χ2n) is 16.1. The zero-order valence-electron chi connectivity index (χ0n) is 32.6. The van der Waals surface area contributed by atoms with Crippen molar-refractivity contribution in [3.8, 4) is 11.5 Å². The molecular weight excluding hydrogens is 700 g/mol. The third-order valence-corrected chi connectivity index (χ3v) is 11.2. The Balaban J connectivity index is 1.07. The number of hydrogen-bond donors (Lipinski definition) is 4. The molecule has 0 aromatic heterocycles. The third kappa shape index (κ3) is 13.3. The van der Waals surface area contributed by atoms with Gasteiger partial charge >= 0.3 is 12.1 Å². The molecule has 5 rings (SSSR count). The maximum Gasteiger partial charge on any atom is 0.415 e. The Hall–Kier alpha value is -4.61. The molecule has 2 saturated carbocycles. The minimum absolute atomic E-state index is 0.0152. The summed E-state index contributed by atoms with van der Waals surface area (Å²) >= 11 is 0. The summed E-state index contributed by atoms with van der Waals surface area (Å²) in [5, 5.41) is 18.5. The number of para-hydroxylation sites is 1. The van der Waals surface area contributed by atoms with Crippen LogP contribution < -0.4 is 25.4 Å². The Labute approximate surface area is 325 Å². The zero-order chi connectivity index (χ0) is 39.2. The number of benzene rings is 2. The SMILES string of the molecule is CC(C)CC(NC(=O)COc1ccccc1C1CCCCC1)C(=O)NC(Cc1ccc(OC(=O)N2CCC(NC(=O)CC3CCCCC3)CC2)cc1)C(=O)O. The predicted octanol–water partition coefficient (Wildman–Crippen LogP) is 6.51. The Morgan fingerprint density at radius 3 is 2.09 bits per heavy atom. The van der Waals surface area contributed by atoms with E-state index >= 15 is 0 Å². The standard InChI is InChI=1S/C43H60N4O8/c1-29(2)25-36(45-40(49)28-54-38-16-10-9-15-35(38)32-13-7-4-8-14-32)41(50)46-37(42(51)52)26-31-17-19-34(20-18-31)55-43(53)47-23-21-33(22-24-47)44-39(48)27-30-11-5-3-6-12-30/h9-10,15-20,29-30,32-33,36-37H,3-8,11-14,21-28H2,1-2H3,(H,44,48)(H,45,49)(H,46,50)(H,51,52). The number of nitrogens with one attached hydrogen (secondary N) is 3. The van der Waals surface area contributed by atoms with Crippen LogP contribution in [-0.4, -0.2) is 77.6 Å². The lowest BCUT2D eigenvalue weighted by atomic mass is 9.84. The van der Waals surface area contributed by atoms with E-state index in [1.807, 2.05) is 32.0 Å². The first kappa shape index (κ1) is 41.6. The molecule has 2 unspecified atom stereocenters. The molecule has 2 aromatic carbocycles. The molecule has 1 saturated heterocycles. The van der Waals surface area contributed by atoms with Crippen LogP contribution in [0.2, 0.25) is 0 Å². The number of carbonyl (C=O) groups is 5. The molecule has 0 spiro atoms. The summed E-state index contributed by atoms with van der Waals surface area (Å²) in [4.78, 5) is 65.8. The quantitative estimate of drug-likeness (QED) is 0.151. The van der Waals surface area contributed by atoms with Crippen LogP contribution in [0.5, 0.6) is 11.5 Å². The number of carboxylic acids is 1. The van der Waals surface area contributed by atoms with Crippen LogP contribution in [0.3, 0.4) is 0 Å². The summed E-state index contributed by atoms with van der Waals surface area (Å²) in [6, 6.07) is 12.2. The van der Waals surface area contributed by atoms with Crippen molar-refractivity contribution in [1.29, 1.82) is 0 Å². The molecular formula is C43H60N4O8. The molecule has 12 heteroatoms. The van der Waals surface area contributed by atoms with E-state index in [1.54, 1.807) is 29.2 Å². The average Bonchev–Trinajstić information content (AvgIpc) is 3.18. The number of hydrogen-bond acceptors (Lipinski definition) is 7. The predicted molar refractivity (Wildman–Crippen MR) is 209 cm³/mol. The minimum Gasteiger partial charge on any atom is -0.483 e. The lowest BCUT2D eigenvalue weighted by molar-refractivity contribution is -0.142. The maximum atomic E-state index is 13.4. The Bertz CT molecular complexity index is 1580. The lowest BCUT2D eigenvalue weighted by Crippen LogP contribution is -2.53. The normalized spacial score (nSPS) is 18.2. The van der Waals surface area contributed by atoms with Gasteiger partial charge in [0.2, 0.25) is 11.8 Å². The maximum absolute atomic E-state index is 13.4. The molecule has 1 aliphatic heterocycles. The van der Waals surface area contributed by atoms with Gasteiger partial charge < -0.3 is 35.4 Å². The van der Waals surface area contributed by atoms with Crippen LogP contribution in [-0.2, 0) is 25.6 Å². The van der Waals surface area contributed by atoms with Gasteiger partial charge in [-0.15, -0.1) is 0 Å². The topological polar surface area (TPSA) is 163 Å². The number of amides is 4. The van der Waals surface area contributed by atoms with Gasteiger partial charge in [0.15, 0.2) is 6.61 Å². The number of carboxylic acid groups (broad SMARTS) is 1. The monoisotopic (exact) mass is 760 g/mol. The molecule has 1 heterocycles. The molecule has 300 valence electrons. The summed E-state index contributed by atoms with van der Waals surface area (Å²) in [7, 11) is 0. The van der Waals surface area contributed by atoms with Crippen molar-refractivity contribution in [2.45, 2.75) is 134 Å². The molecule has 55 heavy (non-hydrogen) atoms. The zero-order valence-corrected chi connectivity index (χ0v) is 32.6. The van der Waals surface area contributed by atoms with Crippen LogP contribution in [0.4, 0.5) is 4.79 Å². The average molecular weight is 761 g/mol. The van der Waals surface area contributed by atoms with Gasteiger partial charge in [0.1, 0.15) is 23.6 Å². The van der Waals surface area contributed by atoms with Crippen molar-refractivity contribution in [3.63, 3.8) is 0 Å². The Morgan fingerprint density at radius 1 is 0.782 bits per heavy atom. The number of piperidine rings is 1. The van der Waals surface area contributed by atoms with Crippen LogP contribution in [0.1, 0.15) is 121 Å².